The maximum absolute atomic E-state index is 12.8. The van der Waals surface area contributed by atoms with Crippen LogP contribution in [0.5, 0.6) is 0 Å². The van der Waals surface area contributed by atoms with Gasteiger partial charge in [-0.2, -0.15) is 0 Å². The van der Waals surface area contributed by atoms with E-state index in [2.05, 4.69) is 22.4 Å². The lowest BCUT2D eigenvalue weighted by Gasteiger charge is -2.35. The molecule has 1 amide bonds. The van der Waals surface area contributed by atoms with Crippen LogP contribution >= 0.6 is 0 Å². The molecule has 0 bridgehead atoms. The van der Waals surface area contributed by atoms with Gasteiger partial charge in [-0.1, -0.05) is 24.3 Å². The molecule has 2 unspecified atom stereocenters. The van der Waals surface area contributed by atoms with Crippen LogP contribution in [-0.4, -0.2) is 20.0 Å². The van der Waals surface area contributed by atoms with E-state index >= 15 is 0 Å². The fraction of sp³-hybridized carbons (Fsp3) is 0.250. The molecule has 0 fully saturated rings. The van der Waals surface area contributed by atoms with Crippen molar-refractivity contribution in [3.63, 3.8) is 0 Å². The van der Waals surface area contributed by atoms with Crippen LogP contribution in [-0.2, 0) is 13.5 Å². The van der Waals surface area contributed by atoms with E-state index < -0.39 is 0 Å². The highest BCUT2D eigenvalue weighted by Crippen LogP contribution is 2.37. The Balaban J connectivity index is 1.69. The number of imidazole rings is 1. The molecule has 0 spiro atoms. The number of carbonyl (C=O) groups excluding carboxylic acids is 1. The maximum Gasteiger partial charge on any atom is 0.252 e. The number of hydrogen-bond donors (Lipinski definition) is 1. The Hall–Kier alpha value is -3.15. The van der Waals surface area contributed by atoms with Crippen molar-refractivity contribution < 1.29 is 4.79 Å². The molecule has 2 heterocycles. The van der Waals surface area contributed by atoms with Crippen LogP contribution in [0.2, 0.25) is 0 Å². The van der Waals surface area contributed by atoms with Crippen LogP contribution in [0.15, 0.2) is 66.1 Å². The van der Waals surface area contributed by atoms with Gasteiger partial charge in [0.05, 0.1) is 18.4 Å². The van der Waals surface area contributed by atoms with Gasteiger partial charge in [-0.25, -0.2) is 4.98 Å². The molecule has 3 aromatic rings. The number of aromatic nitrogens is 3. The summed E-state index contributed by atoms with van der Waals surface area (Å²) in [4.78, 5) is 28.8. The average Bonchev–Trinajstić information content (AvgIpc) is 3.18. The van der Waals surface area contributed by atoms with Gasteiger partial charge in [0.25, 0.3) is 11.5 Å². The summed E-state index contributed by atoms with van der Waals surface area (Å²) < 4.78 is 3.49. The Labute approximate surface area is 151 Å². The van der Waals surface area contributed by atoms with Crippen molar-refractivity contribution >= 4 is 5.91 Å². The van der Waals surface area contributed by atoms with Crippen LogP contribution in [0, 0.1) is 0 Å². The lowest BCUT2D eigenvalue weighted by atomic mass is 9.83. The lowest BCUT2D eigenvalue weighted by molar-refractivity contribution is 0.0917. The fourth-order valence-electron chi connectivity index (χ4n) is 3.62. The molecule has 0 aliphatic heterocycles. The number of amides is 1. The van der Waals surface area contributed by atoms with Crippen LogP contribution in [0.1, 0.15) is 40.0 Å². The van der Waals surface area contributed by atoms with E-state index in [1.54, 1.807) is 31.8 Å². The Morgan fingerprint density at radius 2 is 2.08 bits per heavy atom. The molecular weight excluding hydrogens is 328 g/mol. The van der Waals surface area contributed by atoms with Gasteiger partial charge in [-0.3, -0.25) is 9.59 Å². The van der Waals surface area contributed by atoms with Crippen LogP contribution in [0.3, 0.4) is 0 Å². The Bertz CT molecular complexity index is 991. The normalized spacial score (nSPS) is 19.0. The molecule has 0 saturated heterocycles. The first-order chi connectivity index (χ1) is 12.6. The highest BCUT2D eigenvalue weighted by Gasteiger charge is 2.31. The summed E-state index contributed by atoms with van der Waals surface area (Å²) in [6.07, 6.45) is 8.94. The van der Waals surface area contributed by atoms with E-state index in [4.69, 9.17) is 0 Å². The number of hydrogen-bond acceptors (Lipinski definition) is 3. The largest absolute Gasteiger partial charge is 0.343 e. The Kier molecular flexibility index (Phi) is 4.16. The van der Waals surface area contributed by atoms with Gasteiger partial charge >= 0.3 is 0 Å². The van der Waals surface area contributed by atoms with Gasteiger partial charge in [0.1, 0.15) is 0 Å². The maximum atomic E-state index is 12.8. The van der Waals surface area contributed by atoms with Gasteiger partial charge in [-0.15, -0.1) is 0 Å². The molecule has 1 aliphatic carbocycles. The van der Waals surface area contributed by atoms with Gasteiger partial charge in [-0.05, 0) is 30.0 Å². The van der Waals surface area contributed by atoms with Crippen LogP contribution < -0.4 is 10.9 Å². The number of carbonyl (C=O) groups is 1. The van der Waals surface area contributed by atoms with Crippen molar-refractivity contribution in [1.29, 1.82) is 0 Å². The lowest BCUT2D eigenvalue weighted by Crippen LogP contribution is -2.37. The number of pyridine rings is 1. The summed E-state index contributed by atoms with van der Waals surface area (Å²) in [5, 5.41) is 3.14. The zero-order valence-electron chi connectivity index (χ0n) is 14.5. The molecule has 1 aliphatic rings. The van der Waals surface area contributed by atoms with Crippen molar-refractivity contribution in [1.82, 2.24) is 19.4 Å². The average molecular weight is 348 g/mol. The highest BCUT2D eigenvalue weighted by molar-refractivity contribution is 5.94. The van der Waals surface area contributed by atoms with Crippen molar-refractivity contribution in [2.75, 3.05) is 0 Å². The van der Waals surface area contributed by atoms with E-state index in [0.717, 1.165) is 18.4 Å². The second-order valence-corrected chi connectivity index (χ2v) is 6.63. The van der Waals surface area contributed by atoms with Gasteiger partial charge < -0.3 is 14.5 Å². The smallest absolute Gasteiger partial charge is 0.252 e. The minimum atomic E-state index is -0.241. The first kappa shape index (κ1) is 16.3. The third kappa shape index (κ3) is 2.94. The topological polar surface area (TPSA) is 68.9 Å². The second kappa shape index (κ2) is 6.63. The van der Waals surface area contributed by atoms with E-state index in [0.29, 0.717) is 5.56 Å². The summed E-state index contributed by atoms with van der Waals surface area (Å²) in [6, 6.07) is 11.1. The molecule has 1 N–H and O–H groups in total. The predicted molar refractivity (Wildman–Crippen MR) is 97.9 cm³/mol. The summed E-state index contributed by atoms with van der Waals surface area (Å²) in [7, 11) is 1.66. The zero-order chi connectivity index (χ0) is 18.1. The third-order valence-electron chi connectivity index (χ3n) is 5.05. The number of aryl methyl sites for hydroxylation is 2. The minimum Gasteiger partial charge on any atom is -0.343 e. The third-order valence-corrected chi connectivity index (χ3v) is 5.05. The fourth-order valence-corrected chi connectivity index (χ4v) is 3.62. The number of benzene rings is 1. The van der Waals surface area contributed by atoms with Gasteiger partial charge in [0.15, 0.2) is 0 Å². The second-order valence-electron chi connectivity index (χ2n) is 6.63. The molecule has 6 heteroatoms. The summed E-state index contributed by atoms with van der Waals surface area (Å²) in [6.45, 7) is 0. The van der Waals surface area contributed by atoms with Crippen LogP contribution in [0.4, 0.5) is 0 Å². The molecule has 1 aromatic carbocycles. The molecule has 4 rings (SSSR count). The Morgan fingerprint density at radius 3 is 2.85 bits per heavy atom. The Morgan fingerprint density at radius 1 is 1.23 bits per heavy atom. The number of nitrogens with zero attached hydrogens (tertiary/aromatic N) is 3. The van der Waals surface area contributed by atoms with Gasteiger partial charge in [0, 0.05) is 37.3 Å². The molecule has 6 nitrogen and oxygen atoms in total. The minimum absolute atomic E-state index is 0.0860. The summed E-state index contributed by atoms with van der Waals surface area (Å²) in [5.41, 5.74) is 2.54. The summed E-state index contributed by atoms with van der Waals surface area (Å²) >= 11 is 0. The van der Waals surface area contributed by atoms with E-state index in [1.807, 2.05) is 22.9 Å². The predicted octanol–water partition coefficient (Wildman–Crippen LogP) is 2.24. The van der Waals surface area contributed by atoms with Crippen molar-refractivity contribution in [2.24, 2.45) is 7.05 Å². The molecule has 2 aromatic heterocycles. The number of nitrogens with one attached hydrogen (secondary N) is 1. The quantitative estimate of drug-likeness (QED) is 0.789. The SMILES string of the molecule is Cn1ccc(C(=O)NC2c3ccccc3CCC2n2ccnc2)cc1=O. The standard InChI is InChI=1S/C20H20N4O2/c1-23-10-8-15(12-18(23)25)20(26)22-19-16-5-3-2-4-14(16)6-7-17(19)24-11-9-21-13-24/h2-5,8-13,17,19H,6-7H2,1H3,(H,22,26). The zero-order valence-corrected chi connectivity index (χ0v) is 14.5. The molecule has 0 radical (unpaired) electrons. The number of rotatable bonds is 3. The van der Waals surface area contributed by atoms with Crippen molar-refractivity contribution in [3.05, 3.63) is 88.4 Å². The van der Waals surface area contributed by atoms with E-state index in [-0.39, 0.29) is 23.6 Å². The van der Waals surface area contributed by atoms with E-state index in [1.165, 1.54) is 16.2 Å². The van der Waals surface area contributed by atoms with Gasteiger partial charge in [0.2, 0.25) is 0 Å². The molecule has 26 heavy (non-hydrogen) atoms. The first-order valence-corrected chi connectivity index (χ1v) is 8.66. The first-order valence-electron chi connectivity index (χ1n) is 8.66. The molecule has 0 saturated carbocycles. The molecule has 2 atom stereocenters. The summed E-state index contributed by atoms with van der Waals surface area (Å²) in [5.74, 6) is -0.241. The molecular formula is C20H20N4O2. The van der Waals surface area contributed by atoms with Crippen molar-refractivity contribution in [3.8, 4) is 0 Å². The van der Waals surface area contributed by atoms with Crippen LogP contribution in [0.25, 0.3) is 0 Å². The van der Waals surface area contributed by atoms with Crippen molar-refractivity contribution in [2.45, 2.75) is 24.9 Å². The van der Waals surface area contributed by atoms with E-state index in [9.17, 15) is 9.59 Å². The highest BCUT2D eigenvalue weighted by atomic mass is 16.2. The monoisotopic (exact) mass is 348 g/mol. The molecule has 132 valence electrons. The number of fused-ring (bicyclic) bond motifs is 1.